The van der Waals surface area contributed by atoms with E-state index in [0.29, 0.717) is 38.2 Å². The number of ether oxygens (including phenoxy) is 1. The molecule has 6 nitrogen and oxygen atoms in total. The minimum Gasteiger partial charge on any atom is -0.366 e. The highest BCUT2D eigenvalue weighted by molar-refractivity contribution is 5.79. The number of likely N-dealkylation sites (tertiary alicyclic amines) is 2. The van der Waals surface area contributed by atoms with Gasteiger partial charge in [-0.25, -0.2) is 4.79 Å². The van der Waals surface area contributed by atoms with E-state index in [1.54, 1.807) is 34.1 Å². The van der Waals surface area contributed by atoms with Crippen LogP contribution in [0, 0.1) is 0 Å². The summed E-state index contributed by atoms with van der Waals surface area (Å²) in [6, 6.07) is 6.50. The van der Waals surface area contributed by atoms with Crippen LogP contribution in [-0.2, 0) is 14.9 Å². The van der Waals surface area contributed by atoms with Crippen molar-refractivity contribution in [3.05, 3.63) is 35.4 Å². The molecule has 4 fully saturated rings. The maximum atomic E-state index is 13.3. The molecule has 9 heteroatoms. The van der Waals surface area contributed by atoms with Crippen LogP contribution in [0.2, 0.25) is 0 Å². The summed E-state index contributed by atoms with van der Waals surface area (Å²) in [5, 5.41) is 2.89. The fourth-order valence-electron chi connectivity index (χ4n) is 4.85. The number of hydrogen-bond acceptors (Lipinski definition) is 3. The molecule has 0 radical (unpaired) electrons. The van der Waals surface area contributed by atoms with Crippen LogP contribution in [-0.4, -0.2) is 72.8 Å². The average Bonchev–Trinajstić information content (AvgIpc) is 3.49. The van der Waals surface area contributed by atoms with Gasteiger partial charge in [-0.2, -0.15) is 13.2 Å². The number of piperidine rings is 1. The van der Waals surface area contributed by atoms with Gasteiger partial charge in [-0.15, -0.1) is 0 Å². The van der Waals surface area contributed by atoms with Crippen LogP contribution >= 0.6 is 0 Å². The third-order valence-corrected chi connectivity index (χ3v) is 6.97. The molecule has 3 heterocycles. The zero-order chi connectivity index (χ0) is 21.1. The minimum atomic E-state index is -4.20. The van der Waals surface area contributed by atoms with Gasteiger partial charge in [-0.3, -0.25) is 4.79 Å². The van der Waals surface area contributed by atoms with Crippen LogP contribution in [0.5, 0.6) is 0 Å². The fourth-order valence-corrected chi connectivity index (χ4v) is 4.85. The highest BCUT2D eigenvalue weighted by atomic mass is 19.4. The van der Waals surface area contributed by atoms with Crippen molar-refractivity contribution in [3.63, 3.8) is 0 Å². The van der Waals surface area contributed by atoms with Gasteiger partial charge in [-0.1, -0.05) is 24.3 Å². The molecule has 0 spiro atoms. The maximum absolute atomic E-state index is 13.3. The lowest BCUT2D eigenvalue weighted by Gasteiger charge is -2.46. The highest BCUT2D eigenvalue weighted by Gasteiger charge is 2.64. The molecule has 1 aliphatic carbocycles. The third kappa shape index (κ3) is 3.23. The van der Waals surface area contributed by atoms with E-state index in [2.05, 4.69) is 5.32 Å². The number of nitrogens with one attached hydrogen (secondary N) is 1. The first-order valence-corrected chi connectivity index (χ1v) is 10.4. The standard InChI is InChI=1S/C21H24F3N3O3/c22-21(23,24)20(6-7-20)15-3-1-13(2-4-15)14-9-27(10-14)19(29)26-8-5-17-16(11-26)25-18(28)12-30-17/h1-4,14,16-17H,5-12H2,(H,25,28)/t16-,17?/m1/s1. The molecule has 2 atom stereocenters. The lowest BCUT2D eigenvalue weighted by Crippen LogP contribution is -2.63. The predicted octanol–water partition coefficient (Wildman–Crippen LogP) is 2.39. The largest absolute Gasteiger partial charge is 0.398 e. The minimum absolute atomic E-state index is 0.0409. The number of carbonyl (C=O) groups is 2. The molecule has 1 saturated carbocycles. The second-order valence-electron chi connectivity index (χ2n) is 8.84. The van der Waals surface area contributed by atoms with Crippen LogP contribution in [0.1, 0.15) is 36.3 Å². The number of fused-ring (bicyclic) bond motifs is 1. The van der Waals surface area contributed by atoms with Crippen LogP contribution in [0.25, 0.3) is 0 Å². The normalized spacial score (nSPS) is 28.4. The Bertz CT molecular complexity index is 847. The Morgan fingerprint density at radius 1 is 1.10 bits per heavy atom. The summed E-state index contributed by atoms with van der Waals surface area (Å²) in [5.74, 6) is -0.0178. The molecule has 1 aromatic rings. The zero-order valence-electron chi connectivity index (χ0n) is 16.5. The van der Waals surface area contributed by atoms with Gasteiger partial charge in [0.1, 0.15) is 6.61 Å². The summed E-state index contributed by atoms with van der Waals surface area (Å²) >= 11 is 0. The van der Waals surface area contributed by atoms with E-state index >= 15 is 0 Å². The first-order valence-electron chi connectivity index (χ1n) is 10.4. The van der Waals surface area contributed by atoms with Crippen molar-refractivity contribution in [1.29, 1.82) is 0 Å². The van der Waals surface area contributed by atoms with Gasteiger partial charge in [0.05, 0.1) is 17.6 Å². The summed E-state index contributed by atoms with van der Waals surface area (Å²) in [4.78, 5) is 27.8. The van der Waals surface area contributed by atoms with Crippen LogP contribution in [0.15, 0.2) is 24.3 Å². The van der Waals surface area contributed by atoms with Crippen molar-refractivity contribution in [1.82, 2.24) is 15.1 Å². The van der Waals surface area contributed by atoms with Crippen molar-refractivity contribution < 1.29 is 27.5 Å². The molecule has 30 heavy (non-hydrogen) atoms. The Labute approximate surface area is 172 Å². The topological polar surface area (TPSA) is 61.9 Å². The number of carbonyl (C=O) groups excluding carboxylic acids is 2. The number of alkyl halides is 3. The number of amides is 3. The molecule has 3 amide bonds. The van der Waals surface area contributed by atoms with E-state index in [9.17, 15) is 22.8 Å². The molecular formula is C21H24F3N3O3. The number of rotatable bonds is 2. The smallest absolute Gasteiger partial charge is 0.366 e. The Morgan fingerprint density at radius 2 is 1.80 bits per heavy atom. The second-order valence-corrected chi connectivity index (χ2v) is 8.84. The summed E-state index contributed by atoms with van der Waals surface area (Å²) in [7, 11) is 0. The Morgan fingerprint density at radius 3 is 2.43 bits per heavy atom. The van der Waals surface area contributed by atoms with Crippen molar-refractivity contribution in [2.24, 2.45) is 0 Å². The van der Waals surface area contributed by atoms with Crippen molar-refractivity contribution >= 4 is 11.9 Å². The van der Waals surface area contributed by atoms with Crippen LogP contribution < -0.4 is 5.32 Å². The van der Waals surface area contributed by atoms with E-state index in [1.165, 1.54) is 0 Å². The van der Waals surface area contributed by atoms with Crippen LogP contribution in [0.3, 0.4) is 0 Å². The monoisotopic (exact) mass is 423 g/mol. The number of morpholine rings is 1. The molecule has 1 aromatic carbocycles. The van der Waals surface area contributed by atoms with Gasteiger partial charge in [0.2, 0.25) is 5.91 Å². The summed E-state index contributed by atoms with van der Waals surface area (Å²) < 4.78 is 45.4. The highest BCUT2D eigenvalue weighted by Crippen LogP contribution is 2.58. The van der Waals surface area contributed by atoms with E-state index < -0.39 is 11.6 Å². The summed E-state index contributed by atoms with van der Waals surface area (Å²) in [6.45, 7) is 2.20. The average molecular weight is 423 g/mol. The number of urea groups is 1. The lowest BCUT2D eigenvalue weighted by atomic mass is 9.88. The number of benzene rings is 1. The number of hydrogen-bond donors (Lipinski definition) is 1. The van der Waals surface area contributed by atoms with E-state index in [0.717, 1.165) is 5.56 Å². The van der Waals surface area contributed by atoms with Gasteiger partial charge in [0.15, 0.2) is 0 Å². The fraction of sp³-hybridized carbons (Fsp3) is 0.619. The SMILES string of the molecule is O=C1COC2CCN(C(=O)N3CC(c4ccc(C5(C(F)(F)F)CC5)cc4)C3)C[C@H]2N1. The Kier molecular flexibility index (Phi) is 4.50. The number of halogens is 3. The first kappa shape index (κ1) is 19.7. The summed E-state index contributed by atoms with van der Waals surface area (Å²) in [5.41, 5.74) is -0.351. The number of nitrogens with zero attached hydrogens (tertiary/aromatic N) is 2. The molecule has 0 bridgehead atoms. The molecule has 1 N–H and O–H groups in total. The molecule has 5 rings (SSSR count). The van der Waals surface area contributed by atoms with Gasteiger partial charge >= 0.3 is 12.2 Å². The summed E-state index contributed by atoms with van der Waals surface area (Å²) in [6.07, 6.45) is -3.24. The van der Waals surface area contributed by atoms with Crippen molar-refractivity contribution in [3.8, 4) is 0 Å². The predicted molar refractivity (Wildman–Crippen MR) is 101 cm³/mol. The maximum Gasteiger partial charge on any atom is 0.398 e. The van der Waals surface area contributed by atoms with E-state index in [4.69, 9.17) is 4.74 Å². The quantitative estimate of drug-likeness (QED) is 0.795. The van der Waals surface area contributed by atoms with Crippen molar-refractivity contribution in [2.45, 2.75) is 48.9 Å². The first-order chi connectivity index (χ1) is 14.3. The van der Waals surface area contributed by atoms with Gasteiger partial charge < -0.3 is 19.9 Å². The Balaban J connectivity index is 1.17. The molecule has 162 valence electrons. The van der Waals surface area contributed by atoms with Crippen LogP contribution in [0.4, 0.5) is 18.0 Å². The third-order valence-electron chi connectivity index (χ3n) is 6.97. The van der Waals surface area contributed by atoms with E-state index in [1.807, 2.05) is 0 Å². The molecule has 3 aliphatic heterocycles. The lowest BCUT2D eigenvalue weighted by molar-refractivity contribution is -0.160. The zero-order valence-corrected chi connectivity index (χ0v) is 16.5. The molecule has 1 unspecified atom stereocenters. The molecule has 0 aromatic heterocycles. The van der Waals surface area contributed by atoms with E-state index in [-0.39, 0.29) is 49.5 Å². The van der Waals surface area contributed by atoms with Gasteiger partial charge in [0, 0.05) is 32.1 Å². The molecule has 3 saturated heterocycles. The second kappa shape index (κ2) is 6.87. The van der Waals surface area contributed by atoms with Crippen molar-refractivity contribution in [2.75, 3.05) is 32.8 Å². The van der Waals surface area contributed by atoms with Gasteiger partial charge in [-0.05, 0) is 30.4 Å². The molecular weight excluding hydrogens is 399 g/mol. The molecule has 4 aliphatic rings. The van der Waals surface area contributed by atoms with Gasteiger partial charge in [0.25, 0.3) is 0 Å². The Hall–Kier alpha value is -2.29.